The molecule has 1 atom stereocenters. The highest BCUT2D eigenvalue weighted by Crippen LogP contribution is 2.30. The Morgan fingerprint density at radius 2 is 2.00 bits per heavy atom. The van der Waals surface area contributed by atoms with Crippen molar-refractivity contribution in [1.82, 2.24) is 4.72 Å². The van der Waals surface area contributed by atoms with Gasteiger partial charge in [0.25, 0.3) is 0 Å². The van der Waals surface area contributed by atoms with Crippen molar-refractivity contribution in [1.29, 1.82) is 0 Å². The summed E-state index contributed by atoms with van der Waals surface area (Å²) in [4.78, 5) is 24.7. The maximum absolute atomic E-state index is 12.6. The molecule has 0 radical (unpaired) electrons. The normalized spacial score (nSPS) is 15.8. The number of nitrogens with one attached hydrogen (secondary N) is 1. The van der Waals surface area contributed by atoms with Crippen molar-refractivity contribution in [2.24, 2.45) is 5.92 Å². The molecule has 0 saturated heterocycles. The molecule has 0 unspecified atom stereocenters. The number of aliphatic carboxylic acids is 1. The molecule has 0 aliphatic carbocycles. The minimum absolute atomic E-state index is 0.0283. The number of carboxylic acid groups (broad SMARTS) is 1. The molecule has 0 aromatic heterocycles. The average molecular weight is 368 g/mol. The highest BCUT2D eigenvalue weighted by atomic mass is 32.2. The second-order valence-corrected chi connectivity index (χ2v) is 8.42. The molecule has 8 heteroatoms. The van der Waals surface area contributed by atoms with Crippen molar-refractivity contribution < 1.29 is 23.1 Å². The van der Waals surface area contributed by atoms with E-state index in [2.05, 4.69) is 4.72 Å². The molecule has 0 fully saturated rings. The molecular weight excluding hydrogens is 344 g/mol. The lowest BCUT2D eigenvalue weighted by Gasteiger charge is -2.29. The second kappa shape index (κ2) is 7.53. The van der Waals surface area contributed by atoms with Crippen LogP contribution < -0.4 is 9.62 Å². The number of hydrogen-bond donors (Lipinski definition) is 2. The molecule has 1 aromatic rings. The monoisotopic (exact) mass is 368 g/mol. The van der Waals surface area contributed by atoms with Gasteiger partial charge in [0.2, 0.25) is 15.9 Å². The predicted molar refractivity (Wildman–Crippen MR) is 94.0 cm³/mol. The second-order valence-electron chi connectivity index (χ2n) is 6.71. The van der Waals surface area contributed by atoms with E-state index in [0.717, 1.165) is 18.4 Å². The van der Waals surface area contributed by atoms with Crippen molar-refractivity contribution >= 4 is 27.6 Å². The van der Waals surface area contributed by atoms with Crippen LogP contribution in [-0.4, -0.2) is 38.0 Å². The van der Waals surface area contributed by atoms with Crippen molar-refractivity contribution in [3.8, 4) is 0 Å². The number of benzene rings is 1. The van der Waals surface area contributed by atoms with Crippen LogP contribution in [0.15, 0.2) is 23.1 Å². The molecule has 138 valence electrons. The van der Waals surface area contributed by atoms with Gasteiger partial charge in [-0.25, -0.2) is 8.42 Å². The van der Waals surface area contributed by atoms with Crippen LogP contribution >= 0.6 is 0 Å². The Balaban J connectivity index is 2.35. The lowest BCUT2D eigenvalue weighted by atomic mass is 10.0. The predicted octanol–water partition coefficient (Wildman–Crippen LogP) is 1.76. The fourth-order valence-corrected chi connectivity index (χ4v) is 4.20. The number of carbonyl (C=O) groups is 2. The minimum atomic E-state index is -4.00. The van der Waals surface area contributed by atoms with Crippen LogP contribution in [0.1, 0.15) is 39.2 Å². The first-order valence-corrected chi connectivity index (χ1v) is 9.76. The van der Waals surface area contributed by atoms with Gasteiger partial charge in [-0.1, -0.05) is 19.9 Å². The van der Waals surface area contributed by atoms with Crippen LogP contribution in [0.3, 0.4) is 0 Å². The Kier molecular flexibility index (Phi) is 5.84. The average Bonchev–Trinajstić information content (AvgIpc) is 2.52. The standard InChI is InChI=1S/C17H24N2O5S/c1-11(2)9-15(17(21)22)18-25(23,24)14-7-6-13-5-4-8-19(12(3)20)16(13)10-14/h6-7,10-11,15,18H,4-5,8-9H2,1-3H3,(H,21,22)/t15-/m0/s1. The summed E-state index contributed by atoms with van der Waals surface area (Å²) < 4.78 is 27.5. The Labute approximate surface area is 148 Å². The summed E-state index contributed by atoms with van der Waals surface area (Å²) in [7, 11) is -4.00. The topological polar surface area (TPSA) is 104 Å². The molecule has 1 aromatic carbocycles. The van der Waals surface area contributed by atoms with E-state index in [-0.39, 0.29) is 23.1 Å². The number of carboxylic acids is 1. The lowest BCUT2D eigenvalue weighted by molar-refractivity contribution is -0.139. The van der Waals surface area contributed by atoms with Crippen LogP contribution in [0, 0.1) is 5.92 Å². The largest absolute Gasteiger partial charge is 0.480 e. The number of sulfonamides is 1. The van der Waals surface area contributed by atoms with Crippen LogP contribution in [-0.2, 0) is 26.0 Å². The number of aryl methyl sites for hydroxylation is 1. The number of anilines is 1. The number of fused-ring (bicyclic) bond motifs is 1. The highest BCUT2D eigenvalue weighted by molar-refractivity contribution is 7.89. The van der Waals surface area contributed by atoms with E-state index < -0.39 is 22.0 Å². The zero-order valence-corrected chi connectivity index (χ0v) is 15.5. The van der Waals surface area contributed by atoms with Gasteiger partial charge in [-0.15, -0.1) is 0 Å². The van der Waals surface area contributed by atoms with E-state index in [1.54, 1.807) is 11.0 Å². The molecule has 25 heavy (non-hydrogen) atoms. The van der Waals surface area contributed by atoms with Gasteiger partial charge in [-0.3, -0.25) is 9.59 Å². The fourth-order valence-electron chi connectivity index (χ4n) is 2.97. The molecule has 1 amide bonds. The maximum atomic E-state index is 12.6. The van der Waals surface area contributed by atoms with Crippen LogP contribution in [0.25, 0.3) is 0 Å². The molecule has 0 saturated carbocycles. The van der Waals surface area contributed by atoms with Gasteiger partial charge < -0.3 is 10.0 Å². The van der Waals surface area contributed by atoms with E-state index in [1.165, 1.54) is 19.1 Å². The Bertz CT molecular complexity index is 773. The van der Waals surface area contributed by atoms with Gasteiger partial charge in [0.15, 0.2) is 0 Å². The van der Waals surface area contributed by atoms with E-state index in [4.69, 9.17) is 0 Å². The van der Waals surface area contributed by atoms with E-state index >= 15 is 0 Å². The van der Waals surface area contributed by atoms with Crippen molar-refractivity contribution in [3.05, 3.63) is 23.8 Å². The molecule has 1 aliphatic rings. The van der Waals surface area contributed by atoms with Gasteiger partial charge in [0.1, 0.15) is 6.04 Å². The number of amides is 1. The third-order valence-corrected chi connectivity index (χ3v) is 5.64. The van der Waals surface area contributed by atoms with Gasteiger partial charge in [-0.2, -0.15) is 4.72 Å². The van der Waals surface area contributed by atoms with Crippen molar-refractivity contribution in [3.63, 3.8) is 0 Å². The fraction of sp³-hybridized carbons (Fsp3) is 0.529. The zero-order chi connectivity index (χ0) is 18.8. The van der Waals surface area contributed by atoms with Gasteiger partial charge in [0.05, 0.1) is 4.90 Å². The Morgan fingerprint density at radius 3 is 2.56 bits per heavy atom. The van der Waals surface area contributed by atoms with Gasteiger partial charge in [0, 0.05) is 19.2 Å². The summed E-state index contributed by atoms with van der Waals surface area (Å²) in [6.07, 6.45) is 1.80. The van der Waals surface area contributed by atoms with E-state index in [0.29, 0.717) is 12.2 Å². The van der Waals surface area contributed by atoms with E-state index in [9.17, 15) is 23.1 Å². The first-order valence-electron chi connectivity index (χ1n) is 8.28. The van der Waals surface area contributed by atoms with Crippen LogP contribution in [0.5, 0.6) is 0 Å². The third kappa shape index (κ3) is 4.58. The number of carbonyl (C=O) groups excluding carboxylic acids is 1. The van der Waals surface area contributed by atoms with Gasteiger partial charge in [-0.05, 0) is 42.9 Å². The molecule has 1 aliphatic heterocycles. The number of nitrogens with zero attached hydrogens (tertiary/aromatic N) is 1. The molecule has 1 heterocycles. The Hall–Kier alpha value is -1.93. The molecule has 2 rings (SSSR count). The molecule has 7 nitrogen and oxygen atoms in total. The summed E-state index contributed by atoms with van der Waals surface area (Å²) in [5, 5.41) is 9.26. The summed E-state index contributed by atoms with van der Waals surface area (Å²) in [5.74, 6) is -1.33. The number of hydrogen-bond acceptors (Lipinski definition) is 4. The van der Waals surface area contributed by atoms with Crippen molar-refractivity contribution in [2.45, 2.75) is 51.0 Å². The summed E-state index contributed by atoms with van der Waals surface area (Å²) >= 11 is 0. The minimum Gasteiger partial charge on any atom is -0.480 e. The molecule has 0 spiro atoms. The maximum Gasteiger partial charge on any atom is 0.321 e. The van der Waals surface area contributed by atoms with Crippen LogP contribution in [0.2, 0.25) is 0 Å². The van der Waals surface area contributed by atoms with Crippen molar-refractivity contribution in [2.75, 3.05) is 11.4 Å². The first-order chi connectivity index (χ1) is 11.6. The molecular formula is C17H24N2O5S. The SMILES string of the molecule is CC(=O)N1CCCc2ccc(S(=O)(=O)N[C@@H](CC(C)C)C(=O)O)cc21. The highest BCUT2D eigenvalue weighted by Gasteiger charge is 2.28. The molecule has 2 N–H and O–H groups in total. The zero-order valence-electron chi connectivity index (χ0n) is 14.7. The Morgan fingerprint density at radius 1 is 1.32 bits per heavy atom. The van der Waals surface area contributed by atoms with E-state index in [1.807, 2.05) is 13.8 Å². The molecule has 0 bridgehead atoms. The van der Waals surface area contributed by atoms with Gasteiger partial charge >= 0.3 is 5.97 Å². The summed E-state index contributed by atoms with van der Waals surface area (Å²) in [5.41, 5.74) is 1.50. The summed E-state index contributed by atoms with van der Waals surface area (Å²) in [6.45, 7) is 5.64. The van der Waals surface area contributed by atoms with Crippen LogP contribution in [0.4, 0.5) is 5.69 Å². The quantitative estimate of drug-likeness (QED) is 0.796. The first kappa shape index (κ1) is 19.4. The third-order valence-electron chi connectivity index (χ3n) is 4.17. The number of rotatable bonds is 6. The smallest absolute Gasteiger partial charge is 0.321 e. The lowest BCUT2D eigenvalue weighted by Crippen LogP contribution is -2.41. The summed E-state index contributed by atoms with van der Waals surface area (Å²) in [6, 6.07) is 3.41.